The number of carbonyl (C=O) groups is 1. The number of nitrogens with zero attached hydrogens (tertiary/aromatic N) is 2. The van der Waals surface area contributed by atoms with Crippen molar-refractivity contribution < 1.29 is 18.3 Å². The molecule has 3 rings (SSSR count). The summed E-state index contributed by atoms with van der Waals surface area (Å²) in [5.41, 5.74) is 0.808. The maximum absolute atomic E-state index is 13.3. The van der Waals surface area contributed by atoms with Gasteiger partial charge in [-0.2, -0.15) is 0 Å². The van der Waals surface area contributed by atoms with Crippen LogP contribution in [0.4, 0.5) is 13.9 Å². The minimum atomic E-state index is -0.819. The van der Waals surface area contributed by atoms with E-state index in [9.17, 15) is 13.6 Å². The van der Waals surface area contributed by atoms with Gasteiger partial charge in [0.05, 0.1) is 7.11 Å². The van der Waals surface area contributed by atoms with Crippen molar-refractivity contribution >= 4 is 34.0 Å². The quantitative estimate of drug-likeness (QED) is 0.734. The summed E-state index contributed by atoms with van der Waals surface area (Å²) >= 11 is 7.23. The molecule has 0 spiro atoms. The molecule has 0 N–H and O–H groups in total. The molecule has 0 unspecified atom stereocenters. The number of esters is 1. The molecule has 2 aromatic rings. The van der Waals surface area contributed by atoms with Crippen LogP contribution < -0.4 is 4.90 Å². The Morgan fingerprint density at radius 2 is 2.08 bits per heavy atom. The SMILES string of the molecule is COC(=O)c1sc(N2CCC(Cc3ccc(F)c(F)c3)CC2)nc1Cl. The zero-order chi connectivity index (χ0) is 18.0. The number of hydrogen-bond donors (Lipinski definition) is 0. The molecule has 0 atom stereocenters. The highest BCUT2D eigenvalue weighted by molar-refractivity contribution is 7.18. The second-order valence-corrected chi connectivity index (χ2v) is 7.33. The number of carbonyl (C=O) groups excluding carboxylic acids is 1. The summed E-state index contributed by atoms with van der Waals surface area (Å²) in [6.45, 7) is 1.55. The van der Waals surface area contributed by atoms with Crippen LogP contribution in [-0.2, 0) is 11.2 Å². The first-order chi connectivity index (χ1) is 12.0. The molecule has 4 nitrogen and oxygen atoms in total. The molecule has 0 amide bonds. The van der Waals surface area contributed by atoms with E-state index < -0.39 is 17.6 Å². The maximum atomic E-state index is 13.3. The Hall–Kier alpha value is -1.73. The van der Waals surface area contributed by atoms with Gasteiger partial charge in [-0.05, 0) is 42.9 Å². The molecule has 8 heteroatoms. The number of benzene rings is 1. The highest BCUT2D eigenvalue weighted by Gasteiger charge is 2.25. The monoisotopic (exact) mass is 386 g/mol. The van der Waals surface area contributed by atoms with Crippen molar-refractivity contribution in [1.82, 2.24) is 4.98 Å². The topological polar surface area (TPSA) is 42.4 Å². The standard InChI is InChI=1S/C17H17ClF2N2O2S/c1-24-16(23)14-15(18)21-17(25-14)22-6-4-10(5-7-22)8-11-2-3-12(19)13(20)9-11/h2-3,9-10H,4-8H2,1H3. The van der Waals surface area contributed by atoms with Gasteiger partial charge in [0, 0.05) is 13.1 Å². The van der Waals surface area contributed by atoms with Crippen molar-refractivity contribution in [3.05, 3.63) is 45.4 Å². The first-order valence-corrected chi connectivity index (χ1v) is 9.11. The van der Waals surface area contributed by atoms with E-state index in [1.165, 1.54) is 30.6 Å². The lowest BCUT2D eigenvalue weighted by molar-refractivity contribution is 0.0606. The van der Waals surface area contributed by atoms with E-state index in [0.29, 0.717) is 15.9 Å². The number of halogens is 3. The summed E-state index contributed by atoms with van der Waals surface area (Å²) in [6, 6.07) is 4.07. The third-order valence-electron chi connectivity index (χ3n) is 4.34. The number of ether oxygens (including phenoxy) is 1. The fourth-order valence-corrected chi connectivity index (χ4v) is 4.22. The second-order valence-electron chi connectivity index (χ2n) is 5.99. The Bertz CT molecular complexity index is 776. The molecule has 1 saturated heterocycles. The van der Waals surface area contributed by atoms with Crippen LogP contribution in [0.1, 0.15) is 28.1 Å². The summed E-state index contributed by atoms with van der Waals surface area (Å²) in [5.74, 6) is -1.71. The van der Waals surface area contributed by atoms with Crippen molar-refractivity contribution in [1.29, 1.82) is 0 Å². The van der Waals surface area contributed by atoms with Crippen LogP contribution in [0.2, 0.25) is 5.15 Å². The number of hydrogen-bond acceptors (Lipinski definition) is 5. The fourth-order valence-electron chi connectivity index (χ4n) is 2.97. The second kappa shape index (κ2) is 7.66. The van der Waals surface area contributed by atoms with Gasteiger partial charge in [0.25, 0.3) is 0 Å². The minimum Gasteiger partial charge on any atom is -0.465 e. The lowest BCUT2D eigenvalue weighted by atomic mass is 9.90. The predicted octanol–water partition coefficient (Wildman–Crippen LogP) is 4.32. The molecule has 0 bridgehead atoms. The van der Waals surface area contributed by atoms with E-state index in [1.54, 1.807) is 6.07 Å². The summed E-state index contributed by atoms with van der Waals surface area (Å²) in [5, 5.41) is 0.868. The molecule has 0 saturated carbocycles. The summed E-state index contributed by atoms with van der Waals surface area (Å²) in [7, 11) is 1.31. The van der Waals surface area contributed by atoms with Crippen LogP contribution in [0, 0.1) is 17.6 Å². The van der Waals surface area contributed by atoms with Crippen LogP contribution >= 0.6 is 22.9 Å². The van der Waals surface area contributed by atoms with Gasteiger partial charge >= 0.3 is 5.97 Å². The van der Waals surface area contributed by atoms with E-state index in [1.807, 2.05) is 0 Å². The van der Waals surface area contributed by atoms with Crippen LogP contribution in [0.25, 0.3) is 0 Å². The highest BCUT2D eigenvalue weighted by atomic mass is 35.5. The highest BCUT2D eigenvalue weighted by Crippen LogP contribution is 2.33. The molecule has 1 aromatic carbocycles. The van der Waals surface area contributed by atoms with Gasteiger partial charge in [-0.1, -0.05) is 29.0 Å². The van der Waals surface area contributed by atoms with Crippen LogP contribution in [-0.4, -0.2) is 31.2 Å². The number of aromatic nitrogens is 1. The third-order valence-corrected chi connectivity index (χ3v) is 5.82. The zero-order valence-corrected chi connectivity index (χ0v) is 15.2. The smallest absolute Gasteiger partial charge is 0.351 e. The Morgan fingerprint density at radius 1 is 1.36 bits per heavy atom. The normalized spacial score (nSPS) is 15.4. The summed E-state index contributed by atoms with van der Waals surface area (Å²) in [6.07, 6.45) is 2.53. The number of thiazole rings is 1. The molecule has 2 heterocycles. The first-order valence-electron chi connectivity index (χ1n) is 7.91. The number of anilines is 1. The third kappa shape index (κ3) is 4.10. The van der Waals surface area contributed by atoms with Crippen molar-refractivity contribution in [2.45, 2.75) is 19.3 Å². The molecule has 1 fully saturated rings. The number of rotatable bonds is 4. The van der Waals surface area contributed by atoms with Crippen molar-refractivity contribution in [2.24, 2.45) is 5.92 Å². The maximum Gasteiger partial charge on any atom is 0.351 e. The lowest BCUT2D eigenvalue weighted by Crippen LogP contribution is -2.34. The summed E-state index contributed by atoms with van der Waals surface area (Å²) in [4.78, 5) is 18.3. The van der Waals surface area contributed by atoms with Crippen molar-refractivity contribution in [3.63, 3.8) is 0 Å². The molecule has 1 aliphatic rings. The lowest BCUT2D eigenvalue weighted by Gasteiger charge is -2.31. The number of piperidine rings is 1. The van der Waals surface area contributed by atoms with Crippen LogP contribution in [0.5, 0.6) is 0 Å². The molecular weight excluding hydrogens is 370 g/mol. The van der Waals surface area contributed by atoms with Gasteiger partial charge in [0.15, 0.2) is 26.8 Å². The zero-order valence-electron chi connectivity index (χ0n) is 13.6. The van der Waals surface area contributed by atoms with E-state index in [-0.39, 0.29) is 5.15 Å². The molecule has 0 radical (unpaired) electrons. The van der Waals surface area contributed by atoms with E-state index in [2.05, 4.69) is 9.88 Å². The molecule has 25 heavy (non-hydrogen) atoms. The van der Waals surface area contributed by atoms with E-state index >= 15 is 0 Å². The average molecular weight is 387 g/mol. The van der Waals surface area contributed by atoms with Crippen molar-refractivity contribution in [3.8, 4) is 0 Å². The van der Waals surface area contributed by atoms with Gasteiger partial charge in [0.2, 0.25) is 0 Å². The molecule has 0 aliphatic carbocycles. The van der Waals surface area contributed by atoms with Gasteiger partial charge in [-0.25, -0.2) is 18.6 Å². The Labute approximate surface area is 153 Å². The fraction of sp³-hybridized carbons (Fsp3) is 0.412. The van der Waals surface area contributed by atoms with Gasteiger partial charge in [0.1, 0.15) is 0 Å². The first kappa shape index (κ1) is 18.1. The number of methoxy groups -OCH3 is 1. The van der Waals surface area contributed by atoms with Crippen molar-refractivity contribution in [2.75, 3.05) is 25.1 Å². The van der Waals surface area contributed by atoms with Gasteiger partial charge < -0.3 is 9.64 Å². The van der Waals surface area contributed by atoms with E-state index in [4.69, 9.17) is 16.3 Å². The van der Waals surface area contributed by atoms with Crippen LogP contribution in [0.15, 0.2) is 18.2 Å². The molecule has 134 valence electrons. The molecule has 1 aromatic heterocycles. The van der Waals surface area contributed by atoms with Gasteiger partial charge in [-0.3, -0.25) is 0 Å². The molecular formula is C17H17ClF2N2O2S. The van der Waals surface area contributed by atoms with Crippen LogP contribution in [0.3, 0.4) is 0 Å². The largest absolute Gasteiger partial charge is 0.465 e. The minimum absolute atomic E-state index is 0.163. The Morgan fingerprint density at radius 3 is 2.72 bits per heavy atom. The molecule has 1 aliphatic heterocycles. The average Bonchev–Trinajstić information content (AvgIpc) is 3.00. The Kier molecular flexibility index (Phi) is 5.54. The Balaban J connectivity index is 1.60. The van der Waals surface area contributed by atoms with Gasteiger partial charge in [-0.15, -0.1) is 0 Å². The predicted molar refractivity (Wildman–Crippen MR) is 93.5 cm³/mol. The van der Waals surface area contributed by atoms with E-state index in [0.717, 1.165) is 37.9 Å². The summed E-state index contributed by atoms with van der Waals surface area (Å²) < 4.78 is 31.0.